The molecule has 1 fully saturated rings. The minimum absolute atomic E-state index is 0.00407. The lowest BCUT2D eigenvalue weighted by atomic mass is 10.4. The zero-order valence-electron chi connectivity index (χ0n) is 11.5. The zero-order valence-corrected chi connectivity index (χ0v) is 12.3. The molecule has 0 saturated heterocycles. The number of hydrogen-bond acceptors (Lipinski definition) is 7. The number of hydrogen-bond donors (Lipinski definition) is 2. The number of nitrogens with zero attached hydrogens (tertiary/aromatic N) is 4. The highest BCUT2D eigenvalue weighted by Gasteiger charge is 2.27. The molecule has 8 nitrogen and oxygen atoms in total. The van der Waals surface area contributed by atoms with Gasteiger partial charge in [0.2, 0.25) is 0 Å². The molecule has 112 valence electrons. The molecule has 0 unspecified atom stereocenters. The first kappa shape index (κ1) is 13.8. The molecule has 21 heavy (non-hydrogen) atoms. The second kappa shape index (κ2) is 4.99. The first-order valence-electron chi connectivity index (χ1n) is 6.56. The van der Waals surface area contributed by atoms with Crippen molar-refractivity contribution in [3.05, 3.63) is 18.5 Å². The van der Waals surface area contributed by atoms with Crippen LogP contribution < -0.4 is 11.1 Å². The van der Waals surface area contributed by atoms with E-state index in [0.29, 0.717) is 12.5 Å². The van der Waals surface area contributed by atoms with Gasteiger partial charge in [0.25, 0.3) is 5.95 Å². The third kappa shape index (κ3) is 2.82. The summed E-state index contributed by atoms with van der Waals surface area (Å²) >= 11 is 0. The molecule has 0 aliphatic heterocycles. The van der Waals surface area contributed by atoms with E-state index in [-0.39, 0.29) is 22.5 Å². The first-order valence-corrected chi connectivity index (χ1v) is 8.46. The summed E-state index contributed by atoms with van der Waals surface area (Å²) in [6.45, 7) is 0.689. The van der Waals surface area contributed by atoms with Crippen molar-refractivity contribution in [1.82, 2.24) is 19.7 Å². The third-order valence-corrected chi connectivity index (χ3v) is 4.39. The molecule has 3 rings (SSSR count). The molecule has 1 aliphatic carbocycles. The van der Waals surface area contributed by atoms with E-state index in [0.717, 1.165) is 19.1 Å². The zero-order chi connectivity index (χ0) is 15.0. The quantitative estimate of drug-likeness (QED) is 0.824. The lowest BCUT2D eigenvalue weighted by Gasteiger charge is -2.03. The van der Waals surface area contributed by atoms with Gasteiger partial charge in [-0.2, -0.15) is 4.68 Å². The SMILES string of the molecule is CS(=O)(=O)c1c(NCC2CC2)nn(-c2ncccn2)c1N. The van der Waals surface area contributed by atoms with Crippen molar-refractivity contribution in [2.24, 2.45) is 5.92 Å². The monoisotopic (exact) mass is 308 g/mol. The topological polar surface area (TPSA) is 116 Å². The van der Waals surface area contributed by atoms with Crippen molar-refractivity contribution in [3.8, 4) is 5.95 Å². The largest absolute Gasteiger partial charge is 0.382 e. The molecule has 1 aliphatic rings. The number of nitrogens with two attached hydrogens (primary N) is 1. The normalized spacial score (nSPS) is 15.1. The summed E-state index contributed by atoms with van der Waals surface area (Å²) in [5.41, 5.74) is 5.95. The number of aromatic nitrogens is 4. The Hall–Kier alpha value is -2.16. The highest BCUT2D eigenvalue weighted by atomic mass is 32.2. The van der Waals surface area contributed by atoms with Gasteiger partial charge < -0.3 is 11.1 Å². The molecule has 0 amide bonds. The molecule has 3 N–H and O–H groups in total. The Bertz CT molecular complexity index is 752. The van der Waals surface area contributed by atoms with Gasteiger partial charge in [-0.15, -0.1) is 5.10 Å². The van der Waals surface area contributed by atoms with Crippen LogP contribution >= 0.6 is 0 Å². The standard InChI is InChI=1S/C12H16N6O2S/c1-21(19,20)9-10(13)18(12-14-5-2-6-15-12)17-11(9)16-7-8-3-4-8/h2,5-6,8H,3-4,7,13H2,1H3,(H,16,17). The third-order valence-electron chi connectivity index (χ3n) is 3.24. The maximum Gasteiger partial charge on any atom is 0.252 e. The molecule has 2 heterocycles. The van der Waals surface area contributed by atoms with Gasteiger partial charge in [0, 0.05) is 25.2 Å². The van der Waals surface area contributed by atoms with E-state index >= 15 is 0 Å². The molecular formula is C12H16N6O2S. The van der Waals surface area contributed by atoms with Crippen LogP contribution in [0.4, 0.5) is 11.6 Å². The van der Waals surface area contributed by atoms with Gasteiger partial charge >= 0.3 is 0 Å². The van der Waals surface area contributed by atoms with Crippen LogP contribution in [0.3, 0.4) is 0 Å². The van der Waals surface area contributed by atoms with E-state index in [2.05, 4.69) is 20.4 Å². The van der Waals surface area contributed by atoms with E-state index in [1.165, 1.54) is 4.68 Å². The lowest BCUT2D eigenvalue weighted by molar-refractivity contribution is 0.602. The van der Waals surface area contributed by atoms with Crippen molar-refractivity contribution >= 4 is 21.5 Å². The van der Waals surface area contributed by atoms with E-state index in [1.807, 2.05) is 0 Å². The van der Waals surface area contributed by atoms with E-state index < -0.39 is 9.84 Å². The van der Waals surface area contributed by atoms with Crippen LogP contribution in [0.5, 0.6) is 0 Å². The number of nitrogens with one attached hydrogen (secondary N) is 1. The molecule has 0 aromatic carbocycles. The Morgan fingerprint density at radius 2 is 2.05 bits per heavy atom. The molecule has 0 bridgehead atoms. The highest BCUT2D eigenvalue weighted by Crippen LogP contribution is 2.32. The molecule has 0 radical (unpaired) electrons. The van der Waals surface area contributed by atoms with Gasteiger partial charge in [0.1, 0.15) is 0 Å². The Morgan fingerprint density at radius 3 is 2.62 bits per heavy atom. The summed E-state index contributed by atoms with van der Waals surface area (Å²) in [6.07, 6.45) is 6.50. The van der Waals surface area contributed by atoms with Crippen LogP contribution in [0.2, 0.25) is 0 Å². The molecule has 0 atom stereocenters. The smallest absolute Gasteiger partial charge is 0.252 e. The molecular weight excluding hydrogens is 292 g/mol. The number of nitrogen functional groups attached to an aromatic ring is 1. The van der Waals surface area contributed by atoms with Crippen molar-refractivity contribution in [2.75, 3.05) is 23.9 Å². The summed E-state index contributed by atoms with van der Waals surface area (Å²) in [6, 6.07) is 1.66. The Kier molecular flexibility index (Phi) is 3.28. The van der Waals surface area contributed by atoms with Gasteiger partial charge in [-0.25, -0.2) is 18.4 Å². The molecule has 2 aromatic rings. The summed E-state index contributed by atoms with van der Waals surface area (Å²) in [5, 5.41) is 7.29. The fourth-order valence-corrected chi connectivity index (χ4v) is 2.94. The van der Waals surface area contributed by atoms with Crippen molar-refractivity contribution in [2.45, 2.75) is 17.7 Å². The van der Waals surface area contributed by atoms with Crippen LogP contribution in [0, 0.1) is 5.92 Å². The number of sulfone groups is 1. The van der Waals surface area contributed by atoms with Crippen LogP contribution in [0.25, 0.3) is 5.95 Å². The van der Waals surface area contributed by atoms with Crippen LogP contribution in [0.15, 0.2) is 23.4 Å². The fourth-order valence-electron chi connectivity index (χ4n) is 2.01. The maximum absolute atomic E-state index is 12.0. The average molecular weight is 308 g/mol. The lowest BCUT2D eigenvalue weighted by Crippen LogP contribution is -2.08. The Morgan fingerprint density at radius 1 is 1.38 bits per heavy atom. The van der Waals surface area contributed by atoms with Gasteiger partial charge in [0.05, 0.1) is 0 Å². The molecule has 0 spiro atoms. The number of rotatable bonds is 5. The van der Waals surface area contributed by atoms with Crippen LogP contribution in [-0.4, -0.2) is 41.0 Å². The maximum atomic E-state index is 12.0. The van der Waals surface area contributed by atoms with Crippen LogP contribution in [-0.2, 0) is 9.84 Å². The molecule has 9 heteroatoms. The summed E-state index contributed by atoms with van der Waals surface area (Å²) < 4.78 is 25.2. The van der Waals surface area contributed by atoms with Gasteiger partial charge in [-0.05, 0) is 24.8 Å². The average Bonchev–Trinajstić information content (AvgIpc) is 3.19. The predicted octanol–water partition coefficient (Wildman–Crippen LogP) is 0.470. The van der Waals surface area contributed by atoms with Crippen molar-refractivity contribution < 1.29 is 8.42 Å². The summed E-state index contributed by atoms with van der Waals surface area (Å²) in [5.74, 6) is 1.09. The van der Waals surface area contributed by atoms with Crippen molar-refractivity contribution in [1.29, 1.82) is 0 Å². The second-order valence-corrected chi connectivity index (χ2v) is 7.07. The number of anilines is 2. The van der Waals surface area contributed by atoms with Gasteiger partial charge in [0.15, 0.2) is 26.4 Å². The molecule has 1 saturated carbocycles. The second-order valence-electron chi connectivity index (χ2n) is 5.12. The van der Waals surface area contributed by atoms with E-state index in [1.54, 1.807) is 18.5 Å². The van der Waals surface area contributed by atoms with E-state index in [4.69, 9.17) is 5.73 Å². The predicted molar refractivity (Wildman–Crippen MR) is 77.9 cm³/mol. The Labute approximate surface area is 122 Å². The Balaban J connectivity index is 2.05. The minimum Gasteiger partial charge on any atom is -0.382 e. The summed E-state index contributed by atoms with van der Waals surface area (Å²) in [7, 11) is -3.51. The summed E-state index contributed by atoms with van der Waals surface area (Å²) in [4.78, 5) is 8.08. The van der Waals surface area contributed by atoms with Crippen LogP contribution in [0.1, 0.15) is 12.8 Å². The minimum atomic E-state index is -3.51. The van der Waals surface area contributed by atoms with E-state index in [9.17, 15) is 8.42 Å². The fraction of sp³-hybridized carbons (Fsp3) is 0.417. The van der Waals surface area contributed by atoms with Crippen molar-refractivity contribution in [3.63, 3.8) is 0 Å². The molecule has 2 aromatic heterocycles. The first-order chi connectivity index (χ1) is 9.97. The van der Waals surface area contributed by atoms with Gasteiger partial charge in [-0.3, -0.25) is 0 Å². The van der Waals surface area contributed by atoms with Gasteiger partial charge in [-0.1, -0.05) is 0 Å². The highest BCUT2D eigenvalue weighted by molar-refractivity contribution is 7.91.